The molecule has 1 aromatic heterocycles. The van der Waals surface area contributed by atoms with E-state index in [-0.39, 0.29) is 0 Å². The van der Waals surface area contributed by atoms with Crippen LogP contribution in [-0.4, -0.2) is 43.2 Å². The Balaban J connectivity index is 1.73. The van der Waals surface area contributed by atoms with E-state index in [0.29, 0.717) is 6.04 Å². The molecule has 0 aliphatic carbocycles. The van der Waals surface area contributed by atoms with Crippen molar-refractivity contribution in [1.82, 2.24) is 15.2 Å². The third kappa shape index (κ3) is 2.95. The molecular weight excluding hydrogens is 270 g/mol. The van der Waals surface area contributed by atoms with Gasteiger partial charge < -0.3 is 10.1 Å². The van der Waals surface area contributed by atoms with Crippen molar-refractivity contribution in [3.05, 3.63) is 23.2 Å². The van der Waals surface area contributed by atoms with E-state index >= 15 is 0 Å². The predicted molar refractivity (Wildman–Crippen MR) is 83.5 cm³/mol. The second-order valence-electron chi connectivity index (χ2n) is 5.34. The van der Waals surface area contributed by atoms with Crippen molar-refractivity contribution in [2.45, 2.75) is 25.4 Å². The maximum absolute atomic E-state index is 5.27. The van der Waals surface area contributed by atoms with Gasteiger partial charge in [-0.1, -0.05) is 0 Å². The SMILES string of the molecule is COc1ccc2nc(CN(C)C3CCNCC3)sc2c1. The summed E-state index contributed by atoms with van der Waals surface area (Å²) in [4.78, 5) is 7.17. The molecule has 0 saturated carbocycles. The fraction of sp³-hybridized carbons (Fsp3) is 0.533. The molecule has 2 aromatic rings. The number of fused-ring (bicyclic) bond motifs is 1. The number of benzene rings is 1. The molecule has 1 saturated heterocycles. The van der Waals surface area contributed by atoms with Gasteiger partial charge in [0.1, 0.15) is 10.8 Å². The van der Waals surface area contributed by atoms with Gasteiger partial charge in [-0.05, 0) is 51.2 Å². The van der Waals surface area contributed by atoms with Crippen LogP contribution in [0.15, 0.2) is 18.2 Å². The van der Waals surface area contributed by atoms with Gasteiger partial charge in [0.25, 0.3) is 0 Å². The minimum absolute atomic E-state index is 0.679. The van der Waals surface area contributed by atoms with Crippen LogP contribution in [0.1, 0.15) is 17.8 Å². The van der Waals surface area contributed by atoms with E-state index in [1.807, 2.05) is 12.1 Å². The minimum Gasteiger partial charge on any atom is -0.497 e. The maximum atomic E-state index is 5.27. The molecule has 0 amide bonds. The van der Waals surface area contributed by atoms with Crippen molar-refractivity contribution in [2.24, 2.45) is 0 Å². The van der Waals surface area contributed by atoms with Crippen LogP contribution in [0.3, 0.4) is 0 Å². The van der Waals surface area contributed by atoms with Gasteiger partial charge in [0.15, 0.2) is 0 Å². The summed E-state index contributed by atoms with van der Waals surface area (Å²) in [5.74, 6) is 0.902. The number of thiazole rings is 1. The van der Waals surface area contributed by atoms with Crippen LogP contribution in [0.2, 0.25) is 0 Å². The molecule has 0 atom stereocenters. The molecule has 1 N–H and O–H groups in total. The van der Waals surface area contributed by atoms with Gasteiger partial charge in [0.2, 0.25) is 0 Å². The van der Waals surface area contributed by atoms with Crippen molar-refractivity contribution in [2.75, 3.05) is 27.2 Å². The van der Waals surface area contributed by atoms with E-state index in [1.54, 1.807) is 18.4 Å². The summed E-state index contributed by atoms with van der Waals surface area (Å²) in [6.45, 7) is 3.20. The molecule has 108 valence electrons. The molecule has 3 rings (SSSR count). The second-order valence-corrected chi connectivity index (χ2v) is 6.45. The van der Waals surface area contributed by atoms with Crippen molar-refractivity contribution >= 4 is 21.6 Å². The molecule has 0 spiro atoms. The molecule has 1 aromatic carbocycles. The van der Waals surface area contributed by atoms with Crippen LogP contribution in [0.25, 0.3) is 10.2 Å². The highest BCUT2D eigenvalue weighted by molar-refractivity contribution is 7.18. The Bertz CT molecular complexity index is 578. The number of hydrogen-bond acceptors (Lipinski definition) is 5. The summed E-state index contributed by atoms with van der Waals surface area (Å²) < 4.78 is 6.48. The number of methoxy groups -OCH3 is 1. The van der Waals surface area contributed by atoms with Crippen molar-refractivity contribution < 1.29 is 4.74 Å². The smallest absolute Gasteiger partial charge is 0.120 e. The lowest BCUT2D eigenvalue weighted by Crippen LogP contribution is -2.40. The topological polar surface area (TPSA) is 37.4 Å². The first-order valence-electron chi connectivity index (χ1n) is 7.10. The van der Waals surface area contributed by atoms with Gasteiger partial charge in [-0.15, -0.1) is 11.3 Å². The highest BCUT2D eigenvalue weighted by Crippen LogP contribution is 2.27. The molecule has 1 aliphatic rings. The zero-order chi connectivity index (χ0) is 13.9. The second kappa shape index (κ2) is 6.08. The lowest BCUT2D eigenvalue weighted by Gasteiger charge is -2.30. The van der Waals surface area contributed by atoms with E-state index in [4.69, 9.17) is 9.72 Å². The van der Waals surface area contributed by atoms with Crippen molar-refractivity contribution in [3.63, 3.8) is 0 Å². The first-order chi connectivity index (χ1) is 9.76. The van der Waals surface area contributed by atoms with Gasteiger partial charge in [0.05, 0.1) is 23.9 Å². The number of piperidine rings is 1. The summed E-state index contributed by atoms with van der Waals surface area (Å²) in [6, 6.07) is 6.76. The van der Waals surface area contributed by atoms with Gasteiger partial charge >= 0.3 is 0 Å². The van der Waals surface area contributed by atoms with E-state index in [0.717, 1.165) is 30.9 Å². The van der Waals surface area contributed by atoms with Gasteiger partial charge in [-0.2, -0.15) is 0 Å². The lowest BCUT2D eigenvalue weighted by atomic mass is 10.1. The quantitative estimate of drug-likeness (QED) is 0.939. The normalized spacial score (nSPS) is 16.9. The van der Waals surface area contributed by atoms with Gasteiger partial charge in [-0.3, -0.25) is 4.90 Å². The minimum atomic E-state index is 0.679. The third-order valence-electron chi connectivity index (χ3n) is 3.96. The highest BCUT2D eigenvalue weighted by atomic mass is 32.1. The summed E-state index contributed by atoms with van der Waals surface area (Å²) >= 11 is 1.77. The first-order valence-corrected chi connectivity index (χ1v) is 7.92. The van der Waals surface area contributed by atoms with Crippen LogP contribution in [0.4, 0.5) is 0 Å². The molecule has 4 nitrogen and oxygen atoms in total. The zero-order valence-corrected chi connectivity index (χ0v) is 12.9. The molecule has 1 fully saturated rings. The summed E-state index contributed by atoms with van der Waals surface area (Å²) in [6.07, 6.45) is 2.46. The first kappa shape index (κ1) is 13.8. The van der Waals surface area contributed by atoms with Crippen molar-refractivity contribution in [3.8, 4) is 5.75 Å². The number of nitrogens with zero attached hydrogens (tertiary/aromatic N) is 2. The molecule has 0 radical (unpaired) electrons. The number of ether oxygens (including phenoxy) is 1. The van der Waals surface area contributed by atoms with E-state index in [9.17, 15) is 0 Å². The Morgan fingerprint density at radius 2 is 2.20 bits per heavy atom. The monoisotopic (exact) mass is 291 g/mol. The van der Waals surface area contributed by atoms with Gasteiger partial charge in [-0.25, -0.2) is 4.98 Å². The van der Waals surface area contributed by atoms with Crippen molar-refractivity contribution in [1.29, 1.82) is 0 Å². The Hall–Kier alpha value is -1.17. The standard InChI is InChI=1S/C15H21N3OS/c1-18(11-5-7-16-8-6-11)10-15-17-13-4-3-12(19-2)9-14(13)20-15/h3-4,9,11,16H,5-8,10H2,1-2H3. The van der Waals surface area contributed by atoms with E-state index in [2.05, 4.69) is 23.3 Å². The summed E-state index contributed by atoms with van der Waals surface area (Å²) in [5.41, 5.74) is 1.07. The van der Waals surface area contributed by atoms with Crippen LogP contribution < -0.4 is 10.1 Å². The Labute approximate surface area is 123 Å². The van der Waals surface area contributed by atoms with Gasteiger partial charge in [0, 0.05) is 6.04 Å². The maximum Gasteiger partial charge on any atom is 0.120 e. The fourth-order valence-electron chi connectivity index (χ4n) is 2.74. The fourth-order valence-corrected chi connectivity index (χ4v) is 3.80. The zero-order valence-electron chi connectivity index (χ0n) is 12.1. The van der Waals surface area contributed by atoms with Crippen LogP contribution in [-0.2, 0) is 6.54 Å². The molecule has 5 heteroatoms. The third-order valence-corrected chi connectivity index (χ3v) is 4.96. The van der Waals surface area contributed by atoms with E-state index < -0.39 is 0 Å². The lowest BCUT2D eigenvalue weighted by molar-refractivity contribution is 0.191. The molecule has 2 heterocycles. The molecule has 20 heavy (non-hydrogen) atoms. The van der Waals surface area contributed by atoms with Crippen LogP contribution >= 0.6 is 11.3 Å². The Morgan fingerprint density at radius 3 is 2.95 bits per heavy atom. The summed E-state index contributed by atoms with van der Waals surface area (Å²) in [7, 11) is 3.91. The number of hydrogen-bond donors (Lipinski definition) is 1. The molecule has 1 aliphatic heterocycles. The average molecular weight is 291 g/mol. The number of rotatable bonds is 4. The van der Waals surface area contributed by atoms with E-state index in [1.165, 1.54) is 22.5 Å². The summed E-state index contributed by atoms with van der Waals surface area (Å²) in [5, 5.41) is 4.60. The Morgan fingerprint density at radius 1 is 1.40 bits per heavy atom. The van der Waals surface area contributed by atoms with Crippen LogP contribution in [0.5, 0.6) is 5.75 Å². The largest absolute Gasteiger partial charge is 0.497 e. The number of nitrogens with one attached hydrogen (secondary N) is 1. The average Bonchev–Trinajstić information content (AvgIpc) is 2.89. The number of aromatic nitrogens is 1. The van der Waals surface area contributed by atoms with Crippen LogP contribution in [0, 0.1) is 0 Å². The predicted octanol–water partition coefficient (Wildman–Crippen LogP) is 2.49. The Kier molecular flexibility index (Phi) is 4.19. The highest BCUT2D eigenvalue weighted by Gasteiger charge is 2.18. The molecule has 0 unspecified atom stereocenters. The molecular formula is C15H21N3OS. The molecule has 0 bridgehead atoms.